The highest BCUT2D eigenvalue weighted by Gasteiger charge is 2.39. The fourth-order valence-electron chi connectivity index (χ4n) is 3.70. The van der Waals surface area contributed by atoms with Gasteiger partial charge < -0.3 is 5.73 Å². The first-order valence-electron chi connectivity index (χ1n) is 6.57. The molecule has 17 heavy (non-hydrogen) atoms. The summed E-state index contributed by atoms with van der Waals surface area (Å²) in [5, 5.41) is 0. The Hall–Kier alpha value is -0.130. The summed E-state index contributed by atoms with van der Waals surface area (Å²) >= 11 is 0. The monoisotopic (exact) mass is 260 g/mol. The van der Waals surface area contributed by atoms with Crippen LogP contribution in [-0.2, 0) is 9.84 Å². The van der Waals surface area contributed by atoms with Crippen LogP contribution in [0.15, 0.2) is 0 Å². The highest BCUT2D eigenvalue weighted by Crippen LogP contribution is 2.35. The third kappa shape index (κ3) is 3.20. The summed E-state index contributed by atoms with van der Waals surface area (Å²) in [6, 6.07) is 1.46. The third-order valence-electron chi connectivity index (χ3n) is 4.12. The second kappa shape index (κ2) is 4.86. The fourth-order valence-corrected chi connectivity index (χ4v) is 4.75. The Labute approximate surface area is 104 Å². The van der Waals surface area contributed by atoms with Crippen molar-refractivity contribution in [1.29, 1.82) is 0 Å². The SMILES string of the molecule is CC(CS(C)(=O)=O)N1C2CCCC1CC(N)C2. The maximum atomic E-state index is 11.4. The summed E-state index contributed by atoms with van der Waals surface area (Å²) in [6.45, 7) is 2.04. The van der Waals surface area contributed by atoms with E-state index in [2.05, 4.69) is 4.90 Å². The van der Waals surface area contributed by atoms with Crippen LogP contribution in [0.25, 0.3) is 0 Å². The molecule has 3 atom stereocenters. The Morgan fingerprint density at radius 1 is 1.29 bits per heavy atom. The van der Waals surface area contributed by atoms with Gasteiger partial charge in [-0.2, -0.15) is 0 Å². The van der Waals surface area contributed by atoms with Gasteiger partial charge in [-0.3, -0.25) is 4.90 Å². The molecular weight excluding hydrogens is 236 g/mol. The molecule has 2 aliphatic heterocycles. The molecule has 5 heteroatoms. The quantitative estimate of drug-likeness (QED) is 0.814. The second-order valence-electron chi connectivity index (χ2n) is 5.86. The van der Waals surface area contributed by atoms with Crippen molar-refractivity contribution >= 4 is 9.84 Å². The van der Waals surface area contributed by atoms with Gasteiger partial charge in [0.25, 0.3) is 0 Å². The molecule has 2 N–H and O–H groups in total. The Morgan fingerprint density at radius 2 is 1.82 bits per heavy atom. The first-order chi connectivity index (χ1) is 7.87. The van der Waals surface area contributed by atoms with Crippen molar-refractivity contribution in [3.05, 3.63) is 0 Å². The normalized spacial score (nSPS) is 36.8. The van der Waals surface area contributed by atoms with E-state index in [0.29, 0.717) is 18.1 Å². The van der Waals surface area contributed by atoms with Gasteiger partial charge in [0.05, 0.1) is 5.75 Å². The third-order valence-corrected chi connectivity index (χ3v) is 5.21. The lowest BCUT2D eigenvalue weighted by molar-refractivity contribution is 0.00724. The molecule has 3 unspecified atom stereocenters. The van der Waals surface area contributed by atoms with E-state index in [0.717, 1.165) is 12.8 Å². The number of nitrogens with two attached hydrogens (primary N) is 1. The molecule has 2 heterocycles. The van der Waals surface area contributed by atoms with E-state index in [9.17, 15) is 8.42 Å². The zero-order chi connectivity index (χ0) is 12.6. The second-order valence-corrected chi connectivity index (χ2v) is 8.04. The molecule has 2 aliphatic rings. The van der Waals surface area contributed by atoms with Crippen LogP contribution >= 0.6 is 0 Å². The first-order valence-corrected chi connectivity index (χ1v) is 8.63. The van der Waals surface area contributed by atoms with Gasteiger partial charge in [0, 0.05) is 30.4 Å². The molecule has 0 aliphatic carbocycles. The van der Waals surface area contributed by atoms with E-state index in [1.54, 1.807) is 0 Å². The molecule has 0 aromatic carbocycles. The van der Waals surface area contributed by atoms with Gasteiger partial charge in [-0.1, -0.05) is 6.42 Å². The molecule has 100 valence electrons. The summed E-state index contributed by atoms with van der Waals surface area (Å²) in [5.41, 5.74) is 6.07. The Balaban J connectivity index is 2.09. The van der Waals surface area contributed by atoms with Crippen molar-refractivity contribution in [2.45, 2.75) is 63.2 Å². The molecule has 0 aromatic rings. The average molecular weight is 260 g/mol. The van der Waals surface area contributed by atoms with Crippen molar-refractivity contribution in [2.24, 2.45) is 5.73 Å². The molecule has 2 saturated heterocycles. The van der Waals surface area contributed by atoms with Crippen LogP contribution in [-0.4, -0.2) is 49.5 Å². The number of hydrogen-bond donors (Lipinski definition) is 1. The number of rotatable bonds is 3. The molecule has 2 bridgehead atoms. The summed E-state index contributed by atoms with van der Waals surface area (Å²) in [7, 11) is -2.89. The maximum Gasteiger partial charge on any atom is 0.148 e. The van der Waals surface area contributed by atoms with E-state index >= 15 is 0 Å². The number of piperidine rings is 2. The highest BCUT2D eigenvalue weighted by molar-refractivity contribution is 7.90. The molecule has 0 radical (unpaired) electrons. The minimum Gasteiger partial charge on any atom is -0.328 e. The first kappa shape index (κ1) is 13.3. The van der Waals surface area contributed by atoms with Crippen LogP contribution in [0.4, 0.5) is 0 Å². The zero-order valence-electron chi connectivity index (χ0n) is 10.8. The Bertz CT molecular complexity index is 355. The van der Waals surface area contributed by atoms with Gasteiger partial charge in [-0.15, -0.1) is 0 Å². The van der Waals surface area contributed by atoms with Crippen LogP contribution < -0.4 is 5.73 Å². The van der Waals surface area contributed by atoms with Crippen LogP contribution in [0, 0.1) is 0 Å². The van der Waals surface area contributed by atoms with E-state index in [1.807, 2.05) is 6.92 Å². The fraction of sp³-hybridized carbons (Fsp3) is 1.00. The van der Waals surface area contributed by atoms with Crippen molar-refractivity contribution in [2.75, 3.05) is 12.0 Å². The lowest BCUT2D eigenvalue weighted by Gasteiger charge is -2.50. The molecule has 4 nitrogen and oxygen atoms in total. The van der Waals surface area contributed by atoms with Crippen LogP contribution in [0.5, 0.6) is 0 Å². The van der Waals surface area contributed by atoms with Gasteiger partial charge in [0.1, 0.15) is 9.84 Å². The van der Waals surface area contributed by atoms with Crippen molar-refractivity contribution in [3.8, 4) is 0 Å². The summed E-state index contributed by atoms with van der Waals surface area (Å²) < 4.78 is 22.8. The maximum absolute atomic E-state index is 11.4. The standard InChI is InChI=1S/C12H24N2O2S/c1-9(8-17(2,15)16)14-11-4-3-5-12(14)7-10(13)6-11/h9-12H,3-8,13H2,1-2H3. The van der Waals surface area contributed by atoms with Crippen LogP contribution in [0.1, 0.15) is 39.0 Å². The lowest BCUT2D eigenvalue weighted by Crippen LogP contribution is -2.59. The van der Waals surface area contributed by atoms with Gasteiger partial charge in [-0.25, -0.2) is 8.42 Å². The number of hydrogen-bond acceptors (Lipinski definition) is 4. The number of sulfone groups is 1. The van der Waals surface area contributed by atoms with E-state index < -0.39 is 9.84 Å². The molecule has 0 amide bonds. The summed E-state index contributed by atoms with van der Waals surface area (Å²) in [4.78, 5) is 2.44. The molecule has 0 aromatic heterocycles. The topological polar surface area (TPSA) is 63.4 Å². The zero-order valence-corrected chi connectivity index (χ0v) is 11.6. The predicted molar refractivity (Wildman–Crippen MR) is 69.6 cm³/mol. The largest absolute Gasteiger partial charge is 0.328 e. The number of nitrogens with zero attached hydrogens (tertiary/aromatic N) is 1. The minimum absolute atomic E-state index is 0.132. The average Bonchev–Trinajstić information content (AvgIpc) is 2.12. The summed E-state index contributed by atoms with van der Waals surface area (Å²) in [5.74, 6) is 0.273. The van der Waals surface area contributed by atoms with E-state index in [1.165, 1.54) is 25.5 Å². The van der Waals surface area contributed by atoms with Gasteiger partial charge in [0.15, 0.2) is 0 Å². The lowest BCUT2D eigenvalue weighted by atomic mass is 9.81. The van der Waals surface area contributed by atoms with Gasteiger partial charge in [-0.05, 0) is 32.6 Å². The van der Waals surface area contributed by atoms with Crippen LogP contribution in [0.2, 0.25) is 0 Å². The smallest absolute Gasteiger partial charge is 0.148 e. The van der Waals surface area contributed by atoms with Crippen molar-refractivity contribution in [3.63, 3.8) is 0 Å². The minimum atomic E-state index is -2.89. The van der Waals surface area contributed by atoms with Gasteiger partial charge >= 0.3 is 0 Å². The molecule has 0 spiro atoms. The Morgan fingerprint density at radius 3 is 2.29 bits per heavy atom. The molecule has 0 saturated carbocycles. The molecular formula is C12H24N2O2S. The summed E-state index contributed by atoms with van der Waals surface area (Å²) in [6.07, 6.45) is 7.02. The predicted octanol–water partition coefficient (Wildman–Crippen LogP) is 0.764. The van der Waals surface area contributed by atoms with E-state index in [-0.39, 0.29) is 11.8 Å². The van der Waals surface area contributed by atoms with Crippen molar-refractivity contribution in [1.82, 2.24) is 4.90 Å². The van der Waals surface area contributed by atoms with Crippen LogP contribution in [0.3, 0.4) is 0 Å². The highest BCUT2D eigenvalue weighted by atomic mass is 32.2. The Kier molecular flexibility index (Phi) is 3.80. The van der Waals surface area contributed by atoms with Crippen molar-refractivity contribution < 1.29 is 8.42 Å². The molecule has 2 rings (SSSR count). The molecule has 2 fully saturated rings. The van der Waals surface area contributed by atoms with E-state index in [4.69, 9.17) is 5.73 Å². The number of fused-ring (bicyclic) bond motifs is 2. The van der Waals surface area contributed by atoms with Gasteiger partial charge in [0.2, 0.25) is 0 Å².